The topological polar surface area (TPSA) is 88.1 Å². The lowest BCUT2D eigenvalue weighted by molar-refractivity contribution is 0.246. The van der Waals surface area contributed by atoms with Crippen molar-refractivity contribution in [2.24, 2.45) is 0 Å². The van der Waals surface area contributed by atoms with Gasteiger partial charge in [-0.25, -0.2) is 18.4 Å². The number of hydrogen-bond donors (Lipinski definition) is 1. The van der Waals surface area contributed by atoms with Gasteiger partial charge in [0.25, 0.3) is 0 Å². The molecule has 0 bridgehead atoms. The van der Waals surface area contributed by atoms with Crippen molar-refractivity contribution in [3.8, 4) is 11.3 Å². The summed E-state index contributed by atoms with van der Waals surface area (Å²) >= 11 is 0. The van der Waals surface area contributed by atoms with Gasteiger partial charge in [-0.05, 0) is 62.1 Å². The zero-order chi connectivity index (χ0) is 23.0. The fraction of sp³-hybridized carbons (Fsp3) is 0.320. The summed E-state index contributed by atoms with van der Waals surface area (Å²) in [6.07, 6.45) is 8.88. The number of nitrogens with zero attached hydrogens (tertiary/aromatic N) is 4. The lowest BCUT2D eigenvalue weighted by atomic mass is 10.0. The van der Waals surface area contributed by atoms with Crippen LogP contribution in [0.25, 0.3) is 17.3 Å². The third-order valence-corrected chi connectivity index (χ3v) is 8.13. The van der Waals surface area contributed by atoms with E-state index in [0.29, 0.717) is 19.4 Å². The van der Waals surface area contributed by atoms with Crippen molar-refractivity contribution >= 4 is 27.4 Å². The van der Waals surface area contributed by atoms with Crippen LogP contribution in [0.1, 0.15) is 35.2 Å². The number of pyridine rings is 1. The van der Waals surface area contributed by atoms with Crippen LogP contribution < -0.4 is 5.32 Å². The van der Waals surface area contributed by atoms with E-state index in [2.05, 4.69) is 56.5 Å². The highest BCUT2D eigenvalue weighted by Crippen LogP contribution is 2.31. The minimum Gasteiger partial charge on any atom is -0.368 e. The van der Waals surface area contributed by atoms with Crippen LogP contribution in [0.15, 0.2) is 49.1 Å². The molecule has 4 heterocycles. The van der Waals surface area contributed by atoms with Crippen LogP contribution in [-0.2, 0) is 16.4 Å². The molecule has 1 aromatic carbocycles. The molecular weight excluding hydrogens is 434 g/mol. The maximum atomic E-state index is 11.8. The van der Waals surface area contributed by atoms with Gasteiger partial charge in [0, 0.05) is 35.3 Å². The van der Waals surface area contributed by atoms with Crippen LogP contribution in [0.2, 0.25) is 0 Å². The first kappa shape index (κ1) is 21.6. The lowest BCUT2D eigenvalue weighted by Crippen LogP contribution is -2.39. The minimum atomic E-state index is -2.88. The van der Waals surface area contributed by atoms with Crippen molar-refractivity contribution in [1.29, 1.82) is 0 Å². The molecular formula is C25H27N5O2S. The van der Waals surface area contributed by atoms with E-state index in [9.17, 15) is 8.42 Å². The van der Waals surface area contributed by atoms with Crippen LogP contribution in [0.3, 0.4) is 0 Å². The summed E-state index contributed by atoms with van der Waals surface area (Å²) in [4.78, 5) is 15.8. The molecule has 7 nitrogen and oxygen atoms in total. The van der Waals surface area contributed by atoms with Gasteiger partial charge in [-0.3, -0.25) is 4.98 Å². The van der Waals surface area contributed by atoms with Crippen molar-refractivity contribution in [3.63, 3.8) is 0 Å². The molecule has 1 saturated heterocycles. The van der Waals surface area contributed by atoms with Crippen LogP contribution in [0, 0.1) is 13.8 Å². The van der Waals surface area contributed by atoms with Gasteiger partial charge in [0.1, 0.15) is 22.0 Å². The second-order valence-corrected chi connectivity index (χ2v) is 11.1. The molecule has 2 aromatic heterocycles. The van der Waals surface area contributed by atoms with Crippen molar-refractivity contribution < 1.29 is 8.42 Å². The van der Waals surface area contributed by atoms with Crippen molar-refractivity contribution in [2.45, 2.75) is 39.3 Å². The number of benzene rings is 1. The number of hydrogen-bond acceptors (Lipinski definition) is 7. The monoisotopic (exact) mass is 461 g/mol. The number of nitrogens with one attached hydrogen (secondary N) is 1. The van der Waals surface area contributed by atoms with E-state index in [0.717, 1.165) is 45.1 Å². The summed E-state index contributed by atoms with van der Waals surface area (Å²) in [5.41, 5.74) is 7.16. The molecule has 8 heteroatoms. The van der Waals surface area contributed by atoms with E-state index in [-0.39, 0.29) is 17.5 Å². The molecule has 0 spiro atoms. The van der Waals surface area contributed by atoms with Crippen LogP contribution in [0.5, 0.6) is 0 Å². The summed E-state index contributed by atoms with van der Waals surface area (Å²) in [5, 5.41) is 3.46. The van der Waals surface area contributed by atoms with Gasteiger partial charge >= 0.3 is 0 Å². The second kappa shape index (κ2) is 8.59. The molecule has 3 aromatic rings. The fourth-order valence-corrected chi connectivity index (χ4v) is 5.89. The van der Waals surface area contributed by atoms with Crippen molar-refractivity contribution in [1.82, 2.24) is 19.9 Å². The Labute approximate surface area is 194 Å². The van der Waals surface area contributed by atoms with Gasteiger partial charge in [-0.2, -0.15) is 0 Å². The van der Waals surface area contributed by atoms with Gasteiger partial charge < -0.3 is 10.2 Å². The number of aryl methyl sites for hydroxylation is 2. The Morgan fingerprint density at radius 3 is 2.61 bits per heavy atom. The summed E-state index contributed by atoms with van der Waals surface area (Å²) < 4.78 is 23.6. The molecule has 1 N–H and O–H groups in total. The number of anilines is 2. The summed E-state index contributed by atoms with van der Waals surface area (Å²) in [6, 6.07) is 10.6. The highest BCUT2D eigenvalue weighted by molar-refractivity contribution is 7.91. The van der Waals surface area contributed by atoms with Crippen LogP contribution in [-0.4, -0.2) is 45.8 Å². The Morgan fingerprint density at radius 1 is 1.03 bits per heavy atom. The third kappa shape index (κ3) is 4.61. The molecule has 2 aliphatic rings. The number of aromatic nitrogens is 3. The lowest BCUT2D eigenvalue weighted by Gasteiger charge is -2.35. The first-order chi connectivity index (χ1) is 15.9. The summed E-state index contributed by atoms with van der Waals surface area (Å²) in [5.74, 6) is 1.28. The largest absolute Gasteiger partial charge is 0.368 e. The number of sulfone groups is 1. The predicted molar refractivity (Wildman–Crippen MR) is 131 cm³/mol. The molecule has 0 unspecified atom stereocenters. The standard InChI is InChI=1S/C25H27N5O2S/c1-17-3-6-23(26-14-17)22-13-19(5-4-18(22)2)29-25-21-7-10-30(15-24(21)27-16-28-25)20-8-11-33(31,32)12-9-20/h3-7,10,13-14,16,20H,8-9,11-12,15H2,1-2H3,(H,27,28,29). The summed E-state index contributed by atoms with van der Waals surface area (Å²) in [7, 11) is -2.88. The average Bonchev–Trinajstić information content (AvgIpc) is 2.81. The Bertz CT molecular complexity index is 1310. The van der Waals surface area contributed by atoms with Gasteiger partial charge in [0.2, 0.25) is 0 Å². The molecule has 0 radical (unpaired) electrons. The molecule has 5 rings (SSSR count). The first-order valence-corrected chi connectivity index (χ1v) is 13.0. The zero-order valence-corrected chi connectivity index (χ0v) is 19.6. The highest BCUT2D eigenvalue weighted by atomic mass is 32.2. The zero-order valence-electron chi connectivity index (χ0n) is 18.8. The quantitative estimate of drug-likeness (QED) is 0.621. The maximum absolute atomic E-state index is 11.8. The average molecular weight is 462 g/mol. The van der Waals surface area contributed by atoms with E-state index in [1.165, 1.54) is 0 Å². The Kier molecular flexibility index (Phi) is 5.62. The highest BCUT2D eigenvalue weighted by Gasteiger charge is 2.28. The van der Waals surface area contributed by atoms with E-state index >= 15 is 0 Å². The van der Waals surface area contributed by atoms with Gasteiger partial charge in [-0.15, -0.1) is 0 Å². The smallest absolute Gasteiger partial charge is 0.150 e. The Hall–Kier alpha value is -3.26. The van der Waals surface area contributed by atoms with E-state index in [1.807, 2.05) is 31.3 Å². The van der Waals surface area contributed by atoms with Gasteiger partial charge in [-0.1, -0.05) is 12.1 Å². The number of fused-ring (bicyclic) bond motifs is 1. The Balaban J connectivity index is 1.37. The van der Waals surface area contributed by atoms with Crippen LogP contribution >= 0.6 is 0 Å². The molecule has 0 atom stereocenters. The molecule has 0 amide bonds. The summed E-state index contributed by atoms with van der Waals surface area (Å²) in [6.45, 7) is 4.77. The SMILES string of the molecule is Cc1ccc(-c2cc(Nc3ncnc4c3C=CN(C3CCS(=O)(=O)CC3)C4)ccc2C)nc1. The molecule has 1 fully saturated rings. The number of rotatable bonds is 4. The van der Waals surface area contributed by atoms with Gasteiger partial charge in [0.15, 0.2) is 0 Å². The van der Waals surface area contributed by atoms with E-state index in [1.54, 1.807) is 6.33 Å². The van der Waals surface area contributed by atoms with Crippen molar-refractivity contribution in [3.05, 3.63) is 71.4 Å². The van der Waals surface area contributed by atoms with E-state index in [4.69, 9.17) is 0 Å². The molecule has 33 heavy (non-hydrogen) atoms. The fourth-order valence-electron chi connectivity index (χ4n) is 4.43. The molecule has 0 saturated carbocycles. The molecule has 170 valence electrons. The van der Waals surface area contributed by atoms with E-state index < -0.39 is 9.84 Å². The van der Waals surface area contributed by atoms with Crippen molar-refractivity contribution in [2.75, 3.05) is 16.8 Å². The maximum Gasteiger partial charge on any atom is 0.150 e. The Morgan fingerprint density at radius 2 is 1.85 bits per heavy atom. The molecule has 0 aliphatic carbocycles. The minimum absolute atomic E-state index is 0.228. The van der Waals surface area contributed by atoms with Crippen LogP contribution in [0.4, 0.5) is 11.5 Å². The second-order valence-electron chi connectivity index (χ2n) is 8.83. The first-order valence-electron chi connectivity index (χ1n) is 11.2. The third-order valence-electron chi connectivity index (χ3n) is 6.41. The molecule has 2 aliphatic heterocycles. The normalized spacial score (nSPS) is 17.6. The van der Waals surface area contributed by atoms with Gasteiger partial charge in [0.05, 0.1) is 29.4 Å². The predicted octanol–water partition coefficient (Wildman–Crippen LogP) is 4.26.